The molecular weight excluding hydrogens is 308 g/mol. The first kappa shape index (κ1) is 19.9. The Hall–Kier alpha value is -1.19. The van der Waals surface area contributed by atoms with Crippen LogP contribution in [0.3, 0.4) is 0 Å². The normalized spacial score (nSPS) is 10.7. The van der Waals surface area contributed by atoms with Crippen molar-refractivity contribution in [1.29, 1.82) is 0 Å². The molecule has 0 aliphatic heterocycles. The number of ether oxygens (including phenoxy) is 1. The minimum Gasteiger partial charge on any atom is -0.493 e. The number of benzene rings is 1. The monoisotopic (exact) mass is 338 g/mol. The highest BCUT2D eigenvalue weighted by Gasteiger charge is 2.08. The van der Waals surface area contributed by atoms with E-state index in [1.807, 2.05) is 6.07 Å². The lowest BCUT2D eigenvalue weighted by atomic mass is 10.1. The van der Waals surface area contributed by atoms with E-state index in [2.05, 4.69) is 30.2 Å². The largest absolute Gasteiger partial charge is 0.493 e. The number of H-pyrrole nitrogens is 1. The van der Waals surface area contributed by atoms with Crippen LogP contribution in [0.15, 0.2) is 24.4 Å². The van der Waals surface area contributed by atoms with Crippen molar-refractivity contribution in [1.82, 2.24) is 4.98 Å². The van der Waals surface area contributed by atoms with Crippen LogP contribution in [-0.4, -0.2) is 18.1 Å². The summed E-state index contributed by atoms with van der Waals surface area (Å²) in [6, 6.07) is 6.21. The standard InChI is InChI=1S/C19H30N2O.ClH/c1-2-3-4-5-6-7-8-14-22-18-11-9-10-17-19(18)16(12-13-20)15-21-17;/h9-11,15,21H,2-8,12-14,20H2,1H3;1H. The van der Waals surface area contributed by atoms with Gasteiger partial charge in [-0.1, -0.05) is 51.5 Å². The Labute approximate surface area is 146 Å². The molecule has 0 bridgehead atoms. The van der Waals surface area contributed by atoms with Crippen LogP contribution in [0, 0.1) is 0 Å². The van der Waals surface area contributed by atoms with Gasteiger partial charge in [-0.05, 0) is 37.1 Å². The second-order valence-corrected chi connectivity index (χ2v) is 6.00. The Morgan fingerprint density at radius 1 is 1.04 bits per heavy atom. The molecule has 0 fully saturated rings. The average Bonchev–Trinajstić information content (AvgIpc) is 2.94. The summed E-state index contributed by atoms with van der Waals surface area (Å²) in [6.45, 7) is 3.73. The highest BCUT2D eigenvalue weighted by atomic mass is 35.5. The molecule has 0 radical (unpaired) electrons. The summed E-state index contributed by atoms with van der Waals surface area (Å²) in [7, 11) is 0. The molecule has 1 heterocycles. The van der Waals surface area contributed by atoms with E-state index in [1.54, 1.807) is 0 Å². The molecule has 3 N–H and O–H groups in total. The van der Waals surface area contributed by atoms with Gasteiger partial charge >= 0.3 is 0 Å². The third kappa shape index (κ3) is 6.08. The molecule has 0 spiro atoms. The molecule has 0 amide bonds. The third-order valence-corrected chi connectivity index (χ3v) is 4.17. The van der Waals surface area contributed by atoms with Crippen LogP contribution in [0.2, 0.25) is 0 Å². The summed E-state index contributed by atoms with van der Waals surface area (Å²) >= 11 is 0. The lowest BCUT2D eigenvalue weighted by molar-refractivity contribution is 0.307. The minimum absolute atomic E-state index is 0. The van der Waals surface area contributed by atoms with Crippen molar-refractivity contribution in [2.75, 3.05) is 13.2 Å². The Kier molecular flexibility index (Phi) is 9.81. The molecule has 0 saturated heterocycles. The van der Waals surface area contributed by atoms with E-state index < -0.39 is 0 Å². The van der Waals surface area contributed by atoms with E-state index in [4.69, 9.17) is 10.5 Å². The van der Waals surface area contributed by atoms with Gasteiger partial charge in [-0.15, -0.1) is 12.4 Å². The van der Waals surface area contributed by atoms with Gasteiger partial charge in [-0.3, -0.25) is 0 Å². The molecule has 0 unspecified atom stereocenters. The zero-order valence-electron chi connectivity index (χ0n) is 14.3. The van der Waals surface area contributed by atoms with Crippen LogP contribution in [-0.2, 0) is 6.42 Å². The zero-order valence-corrected chi connectivity index (χ0v) is 15.1. The molecule has 0 saturated carbocycles. The fourth-order valence-electron chi connectivity index (χ4n) is 2.93. The van der Waals surface area contributed by atoms with Crippen LogP contribution in [0.25, 0.3) is 10.9 Å². The topological polar surface area (TPSA) is 51.0 Å². The number of unbranched alkanes of at least 4 members (excludes halogenated alkanes) is 6. The SMILES string of the molecule is CCCCCCCCCOc1cccc2[nH]cc(CCN)c12.Cl. The van der Waals surface area contributed by atoms with Gasteiger partial charge in [0.1, 0.15) is 5.75 Å². The van der Waals surface area contributed by atoms with Gasteiger partial charge in [0.2, 0.25) is 0 Å². The summed E-state index contributed by atoms with van der Waals surface area (Å²) in [5.41, 5.74) is 8.09. The first-order valence-corrected chi connectivity index (χ1v) is 8.78. The fraction of sp³-hybridized carbons (Fsp3) is 0.579. The van der Waals surface area contributed by atoms with Gasteiger partial charge in [0, 0.05) is 17.1 Å². The number of rotatable bonds is 11. The van der Waals surface area contributed by atoms with E-state index in [9.17, 15) is 0 Å². The number of hydrogen-bond acceptors (Lipinski definition) is 2. The first-order chi connectivity index (χ1) is 10.9. The molecule has 130 valence electrons. The second-order valence-electron chi connectivity index (χ2n) is 6.00. The second kappa shape index (κ2) is 11.4. The average molecular weight is 339 g/mol. The highest BCUT2D eigenvalue weighted by molar-refractivity contribution is 5.89. The molecule has 0 atom stereocenters. The molecule has 23 heavy (non-hydrogen) atoms. The first-order valence-electron chi connectivity index (χ1n) is 8.78. The smallest absolute Gasteiger partial charge is 0.128 e. The van der Waals surface area contributed by atoms with Gasteiger partial charge < -0.3 is 15.5 Å². The number of fused-ring (bicyclic) bond motifs is 1. The molecule has 0 aliphatic rings. The molecular formula is C19H31ClN2O. The maximum atomic E-state index is 6.03. The van der Waals surface area contributed by atoms with Gasteiger partial charge in [0.15, 0.2) is 0 Å². The molecule has 4 heteroatoms. The van der Waals surface area contributed by atoms with Crippen LogP contribution in [0.1, 0.15) is 57.4 Å². The molecule has 2 aromatic rings. The number of halogens is 1. The molecule has 2 rings (SSSR count). The van der Waals surface area contributed by atoms with Crippen molar-refractivity contribution < 1.29 is 4.74 Å². The lowest BCUT2D eigenvalue weighted by Gasteiger charge is -2.09. The summed E-state index contributed by atoms with van der Waals surface area (Å²) in [4.78, 5) is 3.31. The number of aromatic amines is 1. The van der Waals surface area contributed by atoms with Gasteiger partial charge in [0.05, 0.1) is 6.61 Å². The molecule has 0 aliphatic carbocycles. The van der Waals surface area contributed by atoms with Crippen molar-refractivity contribution in [3.63, 3.8) is 0 Å². The van der Waals surface area contributed by atoms with Gasteiger partial charge in [-0.25, -0.2) is 0 Å². The maximum Gasteiger partial charge on any atom is 0.128 e. The molecule has 1 aromatic carbocycles. The quantitative estimate of drug-likeness (QED) is 0.552. The third-order valence-electron chi connectivity index (χ3n) is 4.17. The van der Waals surface area contributed by atoms with Gasteiger partial charge in [-0.2, -0.15) is 0 Å². The minimum atomic E-state index is 0. The highest BCUT2D eigenvalue weighted by Crippen LogP contribution is 2.29. The zero-order chi connectivity index (χ0) is 15.6. The van der Waals surface area contributed by atoms with E-state index in [1.165, 1.54) is 49.5 Å². The lowest BCUT2D eigenvalue weighted by Crippen LogP contribution is -2.03. The van der Waals surface area contributed by atoms with Gasteiger partial charge in [0.25, 0.3) is 0 Å². The van der Waals surface area contributed by atoms with E-state index in [0.29, 0.717) is 6.54 Å². The fourth-order valence-corrected chi connectivity index (χ4v) is 2.93. The summed E-state index contributed by atoms with van der Waals surface area (Å²) in [6.07, 6.45) is 12.1. The van der Waals surface area contributed by atoms with E-state index in [-0.39, 0.29) is 12.4 Å². The molecule has 3 nitrogen and oxygen atoms in total. The van der Waals surface area contributed by atoms with Crippen LogP contribution < -0.4 is 10.5 Å². The van der Waals surface area contributed by atoms with Crippen molar-refractivity contribution in [2.45, 2.75) is 58.3 Å². The summed E-state index contributed by atoms with van der Waals surface area (Å²) < 4.78 is 6.03. The van der Waals surface area contributed by atoms with E-state index >= 15 is 0 Å². The van der Waals surface area contributed by atoms with Crippen LogP contribution in [0.5, 0.6) is 5.75 Å². The van der Waals surface area contributed by atoms with Crippen molar-refractivity contribution in [2.24, 2.45) is 5.73 Å². The number of nitrogens with two attached hydrogens (primary N) is 1. The number of nitrogens with one attached hydrogen (secondary N) is 1. The van der Waals surface area contributed by atoms with Crippen molar-refractivity contribution >= 4 is 23.3 Å². The summed E-state index contributed by atoms with van der Waals surface area (Å²) in [5.74, 6) is 0.994. The Bertz CT molecular complexity index is 553. The Morgan fingerprint density at radius 2 is 1.78 bits per heavy atom. The predicted molar refractivity (Wildman–Crippen MR) is 102 cm³/mol. The number of hydrogen-bond donors (Lipinski definition) is 2. The predicted octanol–water partition coefficient (Wildman–Crippen LogP) is 5.22. The molecule has 1 aromatic heterocycles. The van der Waals surface area contributed by atoms with Crippen molar-refractivity contribution in [3.05, 3.63) is 30.0 Å². The van der Waals surface area contributed by atoms with Crippen LogP contribution in [0.4, 0.5) is 0 Å². The summed E-state index contributed by atoms with van der Waals surface area (Å²) in [5, 5.41) is 1.20. The maximum absolute atomic E-state index is 6.03. The van der Waals surface area contributed by atoms with Crippen LogP contribution >= 0.6 is 12.4 Å². The Balaban J connectivity index is 0.00000264. The Morgan fingerprint density at radius 3 is 2.52 bits per heavy atom. The van der Waals surface area contributed by atoms with E-state index in [0.717, 1.165) is 30.7 Å². The van der Waals surface area contributed by atoms with Crippen molar-refractivity contribution in [3.8, 4) is 5.75 Å². The number of aromatic nitrogens is 1.